The van der Waals surface area contributed by atoms with Crippen molar-refractivity contribution in [2.45, 2.75) is 25.3 Å². The second-order valence-electron chi connectivity index (χ2n) is 6.71. The second kappa shape index (κ2) is 8.71. The first-order valence-corrected chi connectivity index (χ1v) is 9.06. The van der Waals surface area contributed by atoms with Crippen LogP contribution in [0.4, 0.5) is 5.95 Å². The fourth-order valence-electron chi connectivity index (χ4n) is 3.15. The largest absolute Gasteiger partial charge is 0.354 e. The topological polar surface area (TPSA) is 74.2 Å². The summed E-state index contributed by atoms with van der Waals surface area (Å²) in [5.41, 5.74) is 0.941. The van der Waals surface area contributed by atoms with Crippen molar-refractivity contribution in [2.75, 3.05) is 39.0 Å². The van der Waals surface area contributed by atoms with Crippen molar-refractivity contribution in [1.82, 2.24) is 24.8 Å². The lowest BCUT2D eigenvalue weighted by Gasteiger charge is -2.35. The van der Waals surface area contributed by atoms with Crippen LogP contribution in [-0.4, -0.2) is 70.4 Å². The molecule has 7 nitrogen and oxygen atoms in total. The number of likely N-dealkylation sites (tertiary alicyclic amines) is 1. The fraction of sp³-hybridized carbons (Fsp3) is 0.474. The monoisotopic (exact) mass is 354 g/mol. The van der Waals surface area contributed by atoms with Crippen molar-refractivity contribution in [3.8, 4) is 11.4 Å². The molecule has 138 valence electrons. The van der Waals surface area contributed by atoms with Crippen LogP contribution in [0.5, 0.6) is 0 Å². The quantitative estimate of drug-likeness (QED) is 0.854. The van der Waals surface area contributed by atoms with Crippen LogP contribution in [0.25, 0.3) is 11.4 Å². The van der Waals surface area contributed by atoms with E-state index in [0.717, 1.165) is 31.5 Å². The summed E-state index contributed by atoms with van der Waals surface area (Å²) in [6, 6.07) is 10.1. The Morgan fingerprint density at radius 1 is 1.23 bits per heavy atom. The van der Waals surface area contributed by atoms with Gasteiger partial charge in [-0.15, -0.1) is 0 Å². The maximum absolute atomic E-state index is 12.4. The van der Waals surface area contributed by atoms with E-state index in [1.165, 1.54) is 6.33 Å². The molecule has 26 heavy (non-hydrogen) atoms. The van der Waals surface area contributed by atoms with Crippen LogP contribution in [0.1, 0.15) is 19.3 Å². The zero-order valence-corrected chi connectivity index (χ0v) is 15.4. The second-order valence-corrected chi connectivity index (χ2v) is 6.71. The van der Waals surface area contributed by atoms with Crippen LogP contribution in [0.15, 0.2) is 36.7 Å². The molecule has 1 aliphatic rings. The summed E-state index contributed by atoms with van der Waals surface area (Å²) < 4.78 is 0. The summed E-state index contributed by atoms with van der Waals surface area (Å²) in [6.07, 6.45) is 4.00. The molecule has 0 aliphatic carbocycles. The average Bonchev–Trinajstić information content (AvgIpc) is 2.69. The molecule has 1 amide bonds. The number of benzene rings is 1. The number of anilines is 1. The molecule has 7 heteroatoms. The zero-order chi connectivity index (χ0) is 18.4. The minimum absolute atomic E-state index is 0.157. The summed E-state index contributed by atoms with van der Waals surface area (Å²) in [5.74, 6) is 1.27. The van der Waals surface area contributed by atoms with E-state index in [1.807, 2.05) is 42.3 Å². The molecule has 1 saturated heterocycles. The molecule has 1 fully saturated rings. The van der Waals surface area contributed by atoms with E-state index in [4.69, 9.17) is 0 Å². The summed E-state index contributed by atoms with van der Waals surface area (Å²) in [6.45, 7) is 2.61. The third kappa shape index (κ3) is 4.76. The van der Waals surface area contributed by atoms with Crippen molar-refractivity contribution >= 4 is 11.9 Å². The van der Waals surface area contributed by atoms with E-state index in [1.54, 1.807) is 0 Å². The van der Waals surface area contributed by atoms with Crippen molar-refractivity contribution in [2.24, 2.45) is 0 Å². The van der Waals surface area contributed by atoms with Crippen molar-refractivity contribution in [3.63, 3.8) is 0 Å². The van der Waals surface area contributed by atoms with Crippen molar-refractivity contribution in [1.29, 1.82) is 0 Å². The number of nitrogens with one attached hydrogen (secondary N) is 1. The van der Waals surface area contributed by atoms with Gasteiger partial charge in [-0.25, -0.2) is 9.97 Å². The Morgan fingerprint density at radius 3 is 2.69 bits per heavy atom. The van der Waals surface area contributed by atoms with E-state index in [-0.39, 0.29) is 5.91 Å². The van der Waals surface area contributed by atoms with Gasteiger partial charge in [0.05, 0.1) is 0 Å². The molecule has 0 radical (unpaired) electrons. The molecule has 1 aromatic carbocycles. The number of hydrogen-bond acceptors (Lipinski definition) is 6. The first kappa shape index (κ1) is 18.3. The van der Waals surface area contributed by atoms with Crippen LogP contribution >= 0.6 is 0 Å². The maximum atomic E-state index is 12.4. The van der Waals surface area contributed by atoms with Gasteiger partial charge in [0.2, 0.25) is 11.9 Å². The normalized spacial score (nSPS) is 15.6. The van der Waals surface area contributed by atoms with Crippen LogP contribution in [-0.2, 0) is 4.79 Å². The van der Waals surface area contributed by atoms with E-state index in [9.17, 15) is 4.79 Å². The Bertz CT molecular complexity index is 715. The predicted octanol–water partition coefficient (Wildman–Crippen LogP) is 1.89. The first-order chi connectivity index (χ1) is 12.6. The average molecular weight is 354 g/mol. The van der Waals surface area contributed by atoms with Gasteiger partial charge in [-0.2, -0.15) is 4.98 Å². The minimum atomic E-state index is 0.157. The first-order valence-electron chi connectivity index (χ1n) is 9.06. The van der Waals surface area contributed by atoms with Crippen LogP contribution in [0.3, 0.4) is 0 Å². The number of carbonyl (C=O) groups is 1. The van der Waals surface area contributed by atoms with Crippen molar-refractivity contribution in [3.05, 3.63) is 36.7 Å². The summed E-state index contributed by atoms with van der Waals surface area (Å²) in [4.78, 5) is 29.4. The minimum Gasteiger partial charge on any atom is -0.354 e. The number of carbonyl (C=O) groups excluding carboxylic acids is 1. The third-order valence-electron chi connectivity index (χ3n) is 4.86. The van der Waals surface area contributed by atoms with Crippen LogP contribution in [0.2, 0.25) is 0 Å². The van der Waals surface area contributed by atoms with Gasteiger partial charge in [-0.05, 0) is 33.0 Å². The van der Waals surface area contributed by atoms with Gasteiger partial charge >= 0.3 is 0 Å². The third-order valence-corrected chi connectivity index (χ3v) is 4.86. The van der Waals surface area contributed by atoms with Gasteiger partial charge in [0.15, 0.2) is 5.82 Å². The highest BCUT2D eigenvalue weighted by Gasteiger charge is 2.23. The molecule has 0 unspecified atom stereocenters. The van der Waals surface area contributed by atoms with E-state index in [0.29, 0.717) is 30.8 Å². The summed E-state index contributed by atoms with van der Waals surface area (Å²) in [5, 5.41) is 3.13. The predicted molar refractivity (Wildman–Crippen MR) is 102 cm³/mol. The van der Waals surface area contributed by atoms with Crippen LogP contribution in [0, 0.1) is 0 Å². The molecule has 0 saturated carbocycles. The highest BCUT2D eigenvalue weighted by Crippen LogP contribution is 2.16. The number of hydrogen-bond donors (Lipinski definition) is 1. The lowest BCUT2D eigenvalue weighted by molar-refractivity contribution is -0.132. The number of rotatable bonds is 6. The fourth-order valence-corrected chi connectivity index (χ4v) is 3.15. The van der Waals surface area contributed by atoms with E-state index >= 15 is 0 Å². The molecule has 3 rings (SSSR count). The molecule has 2 aromatic rings. The molecule has 0 bridgehead atoms. The van der Waals surface area contributed by atoms with Gasteiger partial charge in [-0.1, -0.05) is 30.3 Å². The maximum Gasteiger partial charge on any atom is 0.226 e. The molecule has 0 spiro atoms. The molecular weight excluding hydrogens is 328 g/mol. The van der Waals surface area contributed by atoms with Gasteiger partial charge in [0.25, 0.3) is 0 Å². The molecule has 2 heterocycles. The van der Waals surface area contributed by atoms with Gasteiger partial charge in [0, 0.05) is 31.6 Å². The highest BCUT2D eigenvalue weighted by molar-refractivity contribution is 5.76. The number of amides is 1. The molecular formula is C19H26N6O. The summed E-state index contributed by atoms with van der Waals surface area (Å²) in [7, 11) is 4.04. The Morgan fingerprint density at radius 2 is 1.96 bits per heavy atom. The van der Waals surface area contributed by atoms with Crippen LogP contribution < -0.4 is 5.32 Å². The van der Waals surface area contributed by atoms with Gasteiger partial charge in [-0.3, -0.25) is 4.79 Å². The Labute approximate surface area is 154 Å². The number of piperidine rings is 1. The van der Waals surface area contributed by atoms with Crippen molar-refractivity contribution < 1.29 is 4.79 Å². The lowest BCUT2D eigenvalue weighted by Crippen LogP contribution is -2.44. The Balaban J connectivity index is 1.49. The molecule has 1 aromatic heterocycles. The standard InChI is InChI=1S/C19H26N6O/c1-24-12-9-16(10-13-24)25(2)17(26)8-11-20-19-22-14-21-18(23-19)15-6-4-3-5-7-15/h3-7,14,16H,8-13H2,1-2H3,(H,20,21,22,23). The highest BCUT2D eigenvalue weighted by atomic mass is 16.2. The van der Waals surface area contributed by atoms with E-state index in [2.05, 4.69) is 32.2 Å². The Kier molecular flexibility index (Phi) is 6.12. The SMILES string of the molecule is CN1CCC(N(C)C(=O)CCNc2ncnc(-c3ccccc3)n2)CC1. The number of aromatic nitrogens is 3. The van der Waals surface area contributed by atoms with Gasteiger partial charge in [0.1, 0.15) is 6.33 Å². The Hall–Kier alpha value is -2.54. The lowest BCUT2D eigenvalue weighted by atomic mass is 10.0. The number of nitrogens with zero attached hydrogens (tertiary/aromatic N) is 5. The molecule has 0 atom stereocenters. The zero-order valence-electron chi connectivity index (χ0n) is 15.4. The smallest absolute Gasteiger partial charge is 0.226 e. The van der Waals surface area contributed by atoms with Gasteiger partial charge < -0.3 is 15.1 Å². The van der Waals surface area contributed by atoms with E-state index < -0.39 is 0 Å². The molecule has 1 N–H and O–H groups in total. The summed E-state index contributed by atoms with van der Waals surface area (Å²) >= 11 is 0. The molecule has 1 aliphatic heterocycles.